The van der Waals surface area contributed by atoms with E-state index in [1.54, 1.807) is 0 Å². The maximum atomic E-state index is 11.3. The van der Waals surface area contributed by atoms with E-state index >= 15 is 0 Å². The van der Waals surface area contributed by atoms with Crippen LogP contribution >= 0.6 is 0 Å². The van der Waals surface area contributed by atoms with Gasteiger partial charge < -0.3 is 10.2 Å². The van der Waals surface area contributed by atoms with E-state index in [1.165, 1.54) is 24.0 Å². The highest BCUT2D eigenvalue weighted by molar-refractivity contribution is 5.28. The van der Waals surface area contributed by atoms with E-state index in [2.05, 4.69) is 69.3 Å². The van der Waals surface area contributed by atoms with Crippen molar-refractivity contribution >= 4 is 0 Å². The summed E-state index contributed by atoms with van der Waals surface area (Å²) in [5, 5.41) is 21.8. The molecule has 3 fully saturated rings. The van der Waals surface area contributed by atoms with E-state index in [0.717, 1.165) is 44.9 Å². The lowest BCUT2D eigenvalue weighted by Crippen LogP contribution is -2.56. The summed E-state index contributed by atoms with van der Waals surface area (Å²) >= 11 is 0. The topological polar surface area (TPSA) is 40.5 Å². The SMILES string of the molecule is C[C@]12CC[C@H](O)C=C1CC(C/C=C/Cc1ccccc1)C1C2CC[C@@]2(C)C1CC[C@]2(C)O. The van der Waals surface area contributed by atoms with E-state index in [9.17, 15) is 10.2 Å². The maximum Gasteiger partial charge on any atom is 0.0724 e. The Balaban J connectivity index is 1.43. The van der Waals surface area contributed by atoms with Crippen molar-refractivity contribution < 1.29 is 10.2 Å². The molecule has 0 aliphatic heterocycles. The first-order valence-corrected chi connectivity index (χ1v) is 13.1. The van der Waals surface area contributed by atoms with E-state index in [1.807, 2.05) is 0 Å². The van der Waals surface area contributed by atoms with Gasteiger partial charge in [0.1, 0.15) is 0 Å². The van der Waals surface area contributed by atoms with Crippen molar-refractivity contribution in [3.05, 3.63) is 59.7 Å². The minimum absolute atomic E-state index is 0.0475. The lowest BCUT2D eigenvalue weighted by atomic mass is 9.44. The molecule has 1 aromatic carbocycles. The zero-order valence-electron chi connectivity index (χ0n) is 20.3. The van der Waals surface area contributed by atoms with Crippen molar-refractivity contribution in [3.8, 4) is 0 Å². The second-order valence-corrected chi connectivity index (χ2v) is 12.1. The molecule has 0 aromatic heterocycles. The molecule has 1 aromatic rings. The summed E-state index contributed by atoms with van der Waals surface area (Å²) in [5.41, 5.74) is 2.66. The standard InChI is InChI=1S/C30H42O2/c1-28-16-13-24(31)20-23(28)19-22(12-8-7-11-21-9-5-4-6-10-21)27-25(28)14-17-29(2)26(27)15-18-30(29,3)32/h4-10,20,22,24-27,31-32H,11-19H2,1-3H3/b8-7+/t22?,24-,25?,26?,27?,28-,29-,30-/m0/s1. The summed E-state index contributed by atoms with van der Waals surface area (Å²) < 4.78 is 0. The van der Waals surface area contributed by atoms with Crippen LogP contribution in [0.4, 0.5) is 0 Å². The Morgan fingerprint density at radius 2 is 1.69 bits per heavy atom. The summed E-state index contributed by atoms with van der Waals surface area (Å²) in [7, 11) is 0. The molecule has 2 nitrogen and oxygen atoms in total. The second-order valence-electron chi connectivity index (χ2n) is 12.1. The predicted octanol–water partition coefficient (Wildman–Crippen LogP) is 6.48. The molecule has 3 saturated carbocycles. The van der Waals surface area contributed by atoms with Gasteiger partial charge in [0, 0.05) is 0 Å². The van der Waals surface area contributed by atoms with Crippen LogP contribution in [0.15, 0.2) is 54.1 Å². The van der Waals surface area contributed by atoms with Crippen molar-refractivity contribution in [2.75, 3.05) is 0 Å². The Kier molecular flexibility index (Phi) is 5.70. The number of hydrogen-bond acceptors (Lipinski definition) is 2. The Labute approximate surface area is 194 Å². The fourth-order valence-corrected chi connectivity index (χ4v) is 8.44. The minimum Gasteiger partial charge on any atom is -0.390 e. The van der Waals surface area contributed by atoms with Gasteiger partial charge in [-0.25, -0.2) is 0 Å². The van der Waals surface area contributed by atoms with Gasteiger partial charge >= 0.3 is 0 Å². The van der Waals surface area contributed by atoms with Gasteiger partial charge in [-0.1, -0.05) is 68.0 Å². The Hall–Kier alpha value is -1.38. The molecule has 4 aliphatic rings. The lowest BCUT2D eigenvalue weighted by Gasteiger charge is -2.61. The molecular formula is C30H42O2. The fraction of sp³-hybridized carbons (Fsp3) is 0.667. The lowest BCUT2D eigenvalue weighted by molar-refractivity contribution is -0.132. The zero-order valence-corrected chi connectivity index (χ0v) is 20.3. The molecule has 4 aliphatic carbocycles. The van der Waals surface area contributed by atoms with Crippen LogP contribution in [0.3, 0.4) is 0 Å². The summed E-state index contributed by atoms with van der Waals surface area (Å²) in [6, 6.07) is 10.7. The molecule has 32 heavy (non-hydrogen) atoms. The summed E-state index contributed by atoms with van der Waals surface area (Å²) in [6.07, 6.45) is 16.5. The molecule has 2 N–H and O–H groups in total. The van der Waals surface area contributed by atoms with Gasteiger partial charge in [-0.15, -0.1) is 0 Å². The van der Waals surface area contributed by atoms with Crippen LogP contribution in [0.2, 0.25) is 0 Å². The average Bonchev–Trinajstić information content (AvgIpc) is 3.02. The van der Waals surface area contributed by atoms with Gasteiger partial charge in [0.25, 0.3) is 0 Å². The third-order valence-corrected chi connectivity index (χ3v) is 10.6. The molecule has 0 radical (unpaired) electrons. The van der Waals surface area contributed by atoms with Gasteiger partial charge in [-0.2, -0.15) is 0 Å². The van der Waals surface area contributed by atoms with Crippen LogP contribution in [-0.4, -0.2) is 21.9 Å². The second kappa shape index (κ2) is 8.13. The van der Waals surface area contributed by atoms with Gasteiger partial charge in [-0.05, 0) is 105 Å². The van der Waals surface area contributed by atoms with Gasteiger partial charge in [0.05, 0.1) is 11.7 Å². The van der Waals surface area contributed by atoms with Crippen molar-refractivity contribution in [2.45, 2.75) is 90.3 Å². The molecule has 174 valence electrons. The summed E-state index contributed by atoms with van der Waals surface area (Å²) in [4.78, 5) is 0. The van der Waals surface area contributed by atoms with Crippen LogP contribution in [-0.2, 0) is 6.42 Å². The number of hydrogen-bond donors (Lipinski definition) is 2. The highest BCUT2D eigenvalue weighted by Gasteiger charge is 2.63. The quantitative estimate of drug-likeness (QED) is 0.533. The van der Waals surface area contributed by atoms with Gasteiger partial charge in [-0.3, -0.25) is 0 Å². The third-order valence-electron chi connectivity index (χ3n) is 10.6. The molecule has 0 bridgehead atoms. The third kappa shape index (κ3) is 3.53. The molecule has 5 rings (SSSR count). The molecule has 0 amide bonds. The van der Waals surface area contributed by atoms with Gasteiger partial charge in [0.15, 0.2) is 0 Å². The number of benzene rings is 1. The highest BCUT2D eigenvalue weighted by Crippen LogP contribution is 2.69. The Morgan fingerprint density at radius 3 is 2.47 bits per heavy atom. The minimum atomic E-state index is -0.532. The molecular weight excluding hydrogens is 392 g/mol. The zero-order chi connectivity index (χ0) is 22.6. The number of aliphatic hydroxyl groups is 2. The van der Waals surface area contributed by atoms with E-state index in [-0.39, 0.29) is 16.9 Å². The van der Waals surface area contributed by atoms with Crippen molar-refractivity contribution in [1.82, 2.24) is 0 Å². The molecule has 4 unspecified atom stereocenters. The van der Waals surface area contributed by atoms with Crippen molar-refractivity contribution in [2.24, 2.45) is 34.5 Å². The Morgan fingerprint density at radius 1 is 0.938 bits per heavy atom. The normalized spacial score (nSPS) is 45.8. The van der Waals surface area contributed by atoms with Crippen LogP contribution < -0.4 is 0 Å². The maximum absolute atomic E-state index is 11.3. The van der Waals surface area contributed by atoms with Gasteiger partial charge in [0.2, 0.25) is 0 Å². The summed E-state index contributed by atoms with van der Waals surface area (Å²) in [5.74, 6) is 2.61. The first-order chi connectivity index (χ1) is 15.2. The number of rotatable bonds is 4. The molecule has 0 heterocycles. The first-order valence-electron chi connectivity index (χ1n) is 13.1. The highest BCUT2D eigenvalue weighted by atomic mass is 16.3. The van der Waals surface area contributed by atoms with Crippen LogP contribution in [0, 0.1) is 34.5 Å². The van der Waals surface area contributed by atoms with Crippen LogP contribution in [0.25, 0.3) is 0 Å². The molecule has 0 spiro atoms. The Bertz CT molecular complexity index is 883. The number of fused-ring (bicyclic) bond motifs is 5. The molecule has 2 heteroatoms. The number of aliphatic hydroxyl groups excluding tert-OH is 1. The average molecular weight is 435 g/mol. The van der Waals surface area contributed by atoms with Crippen molar-refractivity contribution in [1.29, 1.82) is 0 Å². The first kappa shape index (κ1) is 22.4. The van der Waals surface area contributed by atoms with Crippen molar-refractivity contribution in [3.63, 3.8) is 0 Å². The largest absolute Gasteiger partial charge is 0.390 e. The predicted molar refractivity (Wildman–Crippen MR) is 131 cm³/mol. The molecule has 0 saturated heterocycles. The van der Waals surface area contributed by atoms with Crippen LogP contribution in [0.5, 0.6) is 0 Å². The van der Waals surface area contributed by atoms with E-state index in [0.29, 0.717) is 23.7 Å². The summed E-state index contributed by atoms with van der Waals surface area (Å²) in [6.45, 7) is 7.00. The smallest absolute Gasteiger partial charge is 0.0724 e. The molecule has 8 atom stereocenters. The monoisotopic (exact) mass is 434 g/mol. The number of allylic oxidation sites excluding steroid dienone is 3. The van der Waals surface area contributed by atoms with E-state index in [4.69, 9.17) is 0 Å². The fourth-order valence-electron chi connectivity index (χ4n) is 8.44. The van der Waals surface area contributed by atoms with Crippen LogP contribution in [0.1, 0.15) is 77.7 Å². The van der Waals surface area contributed by atoms with E-state index < -0.39 is 5.60 Å².